The molecule has 1 amide bonds. The number of anilines is 1. The van der Waals surface area contributed by atoms with Gasteiger partial charge in [-0.25, -0.2) is 13.3 Å². The van der Waals surface area contributed by atoms with Crippen LogP contribution in [0.5, 0.6) is 0 Å². The highest BCUT2D eigenvalue weighted by Gasteiger charge is 2.37. The number of carbonyl (C=O) groups is 1. The molecule has 2 N–H and O–H groups in total. The van der Waals surface area contributed by atoms with Crippen molar-refractivity contribution in [2.75, 3.05) is 12.3 Å². The van der Waals surface area contributed by atoms with Crippen LogP contribution in [0.25, 0.3) is 27.7 Å². The molecule has 3 aromatic heterocycles. The number of benzene rings is 2. The molecule has 1 unspecified atom stereocenters. The smallest absolute Gasteiger partial charge is 0.256 e. The van der Waals surface area contributed by atoms with Crippen LogP contribution in [0.4, 0.5) is 14.7 Å². The number of aryl methyl sites for hydroxylation is 1. The first kappa shape index (κ1) is 21.3. The quantitative estimate of drug-likeness (QED) is 0.418. The summed E-state index contributed by atoms with van der Waals surface area (Å²) >= 11 is 0. The number of amides is 1. The number of hydrogen-bond acceptors (Lipinski definition) is 4. The number of halogens is 2. The SMILES string of the molecule is Cn1cc(C(=O)N2CC(F)C[C@H]2c2ccc(F)cc2)c2cc(-c3ccn4nc(N)nc4c3)ccc21. The van der Waals surface area contributed by atoms with E-state index in [0.717, 1.165) is 27.6 Å². The summed E-state index contributed by atoms with van der Waals surface area (Å²) in [6.45, 7) is 0.00191. The average molecular weight is 472 g/mol. The highest BCUT2D eigenvalue weighted by atomic mass is 19.1. The number of rotatable bonds is 3. The van der Waals surface area contributed by atoms with E-state index >= 15 is 0 Å². The molecule has 2 atom stereocenters. The Kier molecular flexibility index (Phi) is 4.80. The van der Waals surface area contributed by atoms with Crippen molar-refractivity contribution in [1.82, 2.24) is 24.1 Å². The van der Waals surface area contributed by atoms with Crippen LogP contribution < -0.4 is 5.73 Å². The topological polar surface area (TPSA) is 81.5 Å². The molecule has 35 heavy (non-hydrogen) atoms. The van der Waals surface area contributed by atoms with Gasteiger partial charge < -0.3 is 15.2 Å². The third kappa shape index (κ3) is 3.60. The Morgan fingerprint density at radius 2 is 1.86 bits per heavy atom. The predicted molar refractivity (Wildman–Crippen MR) is 129 cm³/mol. The maximum atomic E-state index is 14.5. The van der Waals surface area contributed by atoms with Crippen molar-refractivity contribution in [3.63, 3.8) is 0 Å². The number of alkyl halides is 1. The van der Waals surface area contributed by atoms with Crippen molar-refractivity contribution in [3.8, 4) is 11.1 Å². The number of nitrogens with two attached hydrogens (primary N) is 1. The van der Waals surface area contributed by atoms with E-state index in [2.05, 4.69) is 10.1 Å². The Morgan fingerprint density at radius 1 is 1.09 bits per heavy atom. The van der Waals surface area contributed by atoms with Gasteiger partial charge >= 0.3 is 0 Å². The number of nitrogens with zero attached hydrogens (tertiary/aromatic N) is 5. The van der Waals surface area contributed by atoms with Crippen molar-refractivity contribution in [2.45, 2.75) is 18.6 Å². The van der Waals surface area contributed by atoms with Gasteiger partial charge in [-0.2, -0.15) is 4.98 Å². The lowest BCUT2D eigenvalue weighted by molar-refractivity contribution is 0.0730. The molecule has 176 valence electrons. The van der Waals surface area contributed by atoms with E-state index in [1.807, 2.05) is 41.9 Å². The van der Waals surface area contributed by atoms with Gasteiger partial charge in [0.05, 0.1) is 18.2 Å². The number of fused-ring (bicyclic) bond motifs is 2. The predicted octanol–water partition coefficient (Wildman–Crippen LogP) is 4.53. The number of pyridine rings is 1. The van der Waals surface area contributed by atoms with Crippen LogP contribution >= 0.6 is 0 Å². The monoisotopic (exact) mass is 472 g/mol. The lowest BCUT2D eigenvalue weighted by Crippen LogP contribution is -2.31. The van der Waals surface area contributed by atoms with Crippen molar-refractivity contribution < 1.29 is 13.6 Å². The molecule has 0 spiro atoms. The maximum Gasteiger partial charge on any atom is 0.256 e. The van der Waals surface area contributed by atoms with Crippen molar-refractivity contribution in [3.05, 3.63) is 83.9 Å². The standard InChI is InChI=1S/C26H22F2N6O/c1-32-14-21(25(35)33-13-19(28)12-23(33)15-2-5-18(27)6-3-15)20-10-16(4-7-22(20)32)17-8-9-34-24(11-17)30-26(29)31-34/h2-11,14,19,23H,12-13H2,1H3,(H2,29,31)/t19?,23-/m0/s1. The second kappa shape index (κ2) is 7.90. The van der Waals surface area contributed by atoms with Crippen LogP contribution in [-0.2, 0) is 7.05 Å². The zero-order valence-electron chi connectivity index (χ0n) is 18.9. The Bertz CT molecular complexity index is 1590. The van der Waals surface area contributed by atoms with Gasteiger partial charge in [0.2, 0.25) is 5.95 Å². The van der Waals surface area contributed by atoms with Gasteiger partial charge in [0.1, 0.15) is 12.0 Å². The van der Waals surface area contributed by atoms with Crippen LogP contribution in [0, 0.1) is 5.82 Å². The minimum absolute atomic E-state index is 0.00191. The molecule has 1 saturated heterocycles. The minimum Gasteiger partial charge on any atom is -0.366 e. The summed E-state index contributed by atoms with van der Waals surface area (Å²) in [7, 11) is 1.88. The molecular weight excluding hydrogens is 450 g/mol. The van der Waals surface area contributed by atoms with Crippen molar-refractivity contribution >= 4 is 28.4 Å². The maximum absolute atomic E-state index is 14.5. The second-order valence-electron chi connectivity index (χ2n) is 8.93. The lowest BCUT2D eigenvalue weighted by Gasteiger charge is -2.24. The molecule has 1 aliphatic heterocycles. The van der Waals surface area contributed by atoms with E-state index in [4.69, 9.17) is 5.73 Å². The molecule has 2 aromatic carbocycles. The first-order chi connectivity index (χ1) is 16.9. The van der Waals surface area contributed by atoms with Crippen LogP contribution in [-0.4, -0.2) is 42.7 Å². The molecule has 5 aromatic rings. The highest BCUT2D eigenvalue weighted by molar-refractivity contribution is 6.08. The molecule has 0 radical (unpaired) electrons. The summed E-state index contributed by atoms with van der Waals surface area (Å²) < 4.78 is 31.4. The Balaban J connectivity index is 1.41. The number of aromatic nitrogens is 4. The zero-order valence-corrected chi connectivity index (χ0v) is 18.9. The van der Waals surface area contributed by atoms with Gasteiger partial charge in [0, 0.05) is 36.8 Å². The van der Waals surface area contributed by atoms with E-state index < -0.39 is 12.2 Å². The minimum atomic E-state index is -1.14. The molecule has 1 aliphatic rings. The van der Waals surface area contributed by atoms with Crippen LogP contribution in [0.2, 0.25) is 0 Å². The molecule has 1 fully saturated rings. The van der Waals surface area contributed by atoms with Crippen LogP contribution in [0.15, 0.2) is 67.0 Å². The third-order valence-corrected chi connectivity index (χ3v) is 6.67. The molecule has 0 saturated carbocycles. The Labute approximate surface area is 199 Å². The first-order valence-corrected chi connectivity index (χ1v) is 11.3. The summed E-state index contributed by atoms with van der Waals surface area (Å²) in [5.41, 5.74) is 10.2. The summed E-state index contributed by atoms with van der Waals surface area (Å²) in [4.78, 5) is 19.5. The normalized spacial score (nSPS) is 18.1. The first-order valence-electron chi connectivity index (χ1n) is 11.3. The summed E-state index contributed by atoms with van der Waals surface area (Å²) in [6.07, 6.45) is 2.62. The van der Waals surface area contributed by atoms with Gasteiger partial charge in [-0.1, -0.05) is 18.2 Å². The van der Waals surface area contributed by atoms with E-state index in [-0.39, 0.29) is 30.6 Å². The highest BCUT2D eigenvalue weighted by Crippen LogP contribution is 2.37. The summed E-state index contributed by atoms with van der Waals surface area (Å²) in [6, 6.07) is 15.2. The van der Waals surface area contributed by atoms with E-state index in [1.165, 1.54) is 12.1 Å². The fourth-order valence-electron chi connectivity index (χ4n) is 4.99. The number of nitrogen functional groups attached to an aromatic ring is 1. The second-order valence-corrected chi connectivity index (χ2v) is 8.93. The summed E-state index contributed by atoms with van der Waals surface area (Å²) in [5, 5.41) is 4.88. The van der Waals surface area contributed by atoms with Crippen molar-refractivity contribution in [2.24, 2.45) is 7.05 Å². The van der Waals surface area contributed by atoms with E-state index in [0.29, 0.717) is 11.2 Å². The molecule has 7 nitrogen and oxygen atoms in total. The zero-order chi connectivity index (χ0) is 24.3. The van der Waals surface area contributed by atoms with Gasteiger partial charge in [-0.05, 0) is 53.1 Å². The molecule has 6 rings (SSSR count). The Hall–Kier alpha value is -4.27. The van der Waals surface area contributed by atoms with Crippen LogP contribution in [0.3, 0.4) is 0 Å². The van der Waals surface area contributed by atoms with E-state index in [9.17, 15) is 13.6 Å². The average Bonchev–Trinajstić information content (AvgIpc) is 3.52. The van der Waals surface area contributed by atoms with Gasteiger partial charge in [-0.15, -0.1) is 5.10 Å². The molecule has 0 aliphatic carbocycles. The number of carbonyl (C=O) groups excluding carboxylic acids is 1. The third-order valence-electron chi connectivity index (χ3n) is 6.67. The van der Waals surface area contributed by atoms with E-state index in [1.54, 1.807) is 33.9 Å². The fraction of sp³-hybridized carbons (Fsp3) is 0.192. The Morgan fingerprint density at radius 3 is 2.66 bits per heavy atom. The largest absolute Gasteiger partial charge is 0.366 e. The van der Waals surface area contributed by atoms with Gasteiger partial charge in [0.15, 0.2) is 5.65 Å². The molecule has 0 bridgehead atoms. The molecule has 4 heterocycles. The number of likely N-dealkylation sites (tertiary alicyclic amines) is 1. The number of hydrogen-bond donors (Lipinski definition) is 1. The molecular formula is C26H22F2N6O. The van der Waals surface area contributed by atoms with Gasteiger partial charge in [0.25, 0.3) is 5.91 Å². The molecule has 9 heteroatoms. The van der Waals surface area contributed by atoms with Crippen molar-refractivity contribution in [1.29, 1.82) is 0 Å². The fourth-order valence-corrected chi connectivity index (χ4v) is 4.99. The summed E-state index contributed by atoms with van der Waals surface area (Å²) in [5.74, 6) is -0.418. The van der Waals surface area contributed by atoms with Crippen LogP contribution in [0.1, 0.15) is 28.4 Å². The lowest BCUT2D eigenvalue weighted by atomic mass is 10.0. The van der Waals surface area contributed by atoms with Gasteiger partial charge in [-0.3, -0.25) is 4.79 Å².